The maximum absolute atomic E-state index is 13.6. The average molecular weight is 421 g/mol. The van der Waals surface area contributed by atoms with Crippen molar-refractivity contribution >= 4 is 44.2 Å². The Balaban J connectivity index is 1.82. The molecule has 4 rings (SSSR count). The lowest BCUT2D eigenvalue weighted by molar-refractivity contribution is 0.0984. The van der Waals surface area contributed by atoms with Gasteiger partial charge >= 0.3 is 0 Å². The Morgan fingerprint density at radius 3 is 2.48 bits per heavy atom. The largest absolute Gasteiger partial charge is 0.279 e. The van der Waals surface area contributed by atoms with Gasteiger partial charge in [-0.15, -0.1) is 0 Å². The average Bonchev–Trinajstić information content (AvgIpc) is 3.10. The zero-order valence-electron chi connectivity index (χ0n) is 16.6. The van der Waals surface area contributed by atoms with Crippen LogP contribution in [0.25, 0.3) is 10.2 Å². The van der Waals surface area contributed by atoms with Gasteiger partial charge in [0.2, 0.25) is 0 Å². The summed E-state index contributed by atoms with van der Waals surface area (Å²) in [5, 5.41) is 1.36. The first-order chi connectivity index (χ1) is 13.9. The molecule has 5 heteroatoms. The molecular formula is C24H21ClN2OS. The SMILES string of the molecule is Cc1ccc(C(=O)N(Cc2ccccc2)c2nc3c(C)cc(Cl)cc3s2)c(C)c1. The summed E-state index contributed by atoms with van der Waals surface area (Å²) in [7, 11) is 0. The fraction of sp³-hybridized carbons (Fsp3) is 0.167. The van der Waals surface area contributed by atoms with Crippen LogP contribution < -0.4 is 4.90 Å². The van der Waals surface area contributed by atoms with Crippen molar-refractivity contribution in [1.29, 1.82) is 0 Å². The summed E-state index contributed by atoms with van der Waals surface area (Å²) in [4.78, 5) is 20.2. The van der Waals surface area contributed by atoms with Crippen molar-refractivity contribution in [3.63, 3.8) is 0 Å². The van der Waals surface area contributed by atoms with Gasteiger partial charge in [-0.2, -0.15) is 0 Å². The Kier molecular flexibility index (Phi) is 5.39. The van der Waals surface area contributed by atoms with E-state index in [9.17, 15) is 4.79 Å². The fourth-order valence-electron chi connectivity index (χ4n) is 3.45. The molecule has 3 nitrogen and oxygen atoms in total. The predicted octanol–water partition coefficient (Wildman–Crippen LogP) is 6.72. The Hall–Kier alpha value is -2.69. The van der Waals surface area contributed by atoms with Crippen LogP contribution in [0.5, 0.6) is 0 Å². The zero-order valence-corrected chi connectivity index (χ0v) is 18.1. The van der Waals surface area contributed by atoms with E-state index in [1.54, 1.807) is 4.90 Å². The van der Waals surface area contributed by atoms with Gasteiger partial charge in [-0.1, -0.05) is 71.0 Å². The molecule has 0 N–H and O–H groups in total. The Bertz CT molecular complexity index is 1200. The first kappa shape index (κ1) is 19.6. The Morgan fingerprint density at radius 2 is 1.76 bits per heavy atom. The third-order valence-electron chi connectivity index (χ3n) is 4.91. The molecule has 0 saturated heterocycles. The number of hydrogen-bond donors (Lipinski definition) is 0. The summed E-state index contributed by atoms with van der Waals surface area (Å²) in [6.07, 6.45) is 0. The van der Waals surface area contributed by atoms with E-state index in [1.165, 1.54) is 11.3 Å². The number of thiazole rings is 1. The number of aryl methyl sites for hydroxylation is 3. The van der Waals surface area contributed by atoms with Gasteiger partial charge in [-0.3, -0.25) is 9.69 Å². The highest BCUT2D eigenvalue weighted by molar-refractivity contribution is 7.22. The molecule has 0 spiro atoms. The van der Waals surface area contributed by atoms with Crippen LogP contribution >= 0.6 is 22.9 Å². The molecule has 1 amide bonds. The minimum atomic E-state index is -0.0471. The van der Waals surface area contributed by atoms with Crippen LogP contribution in [-0.2, 0) is 6.54 Å². The van der Waals surface area contributed by atoms with Crippen molar-refractivity contribution < 1.29 is 4.79 Å². The smallest absolute Gasteiger partial charge is 0.260 e. The number of carbonyl (C=O) groups is 1. The summed E-state index contributed by atoms with van der Waals surface area (Å²) in [5.41, 5.74) is 5.75. The van der Waals surface area contributed by atoms with Crippen molar-refractivity contribution in [3.8, 4) is 0 Å². The maximum Gasteiger partial charge on any atom is 0.260 e. The van der Waals surface area contributed by atoms with Crippen molar-refractivity contribution in [2.75, 3.05) is 4.90 Å². The van der Waals surface area contributed by atoms with Gasteiger partial charge in [0, 0.05) is 10.6 Å². The lowest BCUT2D eigenvalue weighted by Crippen LogP contribution is -2.31. The summed E-state index contributed by atoms with van der Waals surface area (Å²) < 4.78 is 0.983. The minimum absolute atomic E-state index is 0.0471. The summed E-state index contributed by atoms with van der Waals surface area (Å²) in [6.45, 7) is 6.46. The number of nitrogens with zero attached hydrogens (tertiary/aromatic N) is 2. The molecule has 1 aromatic heterocycles. The zero-order chi connectivity index (χ0) is 20.5. The standard InChI is InChI=1S/C24H21ClN2OS/c1-15-9-10-20(16(2)11-15)23(28)27(14-18-7-5-4-6-8-18)24-26-22-17(3)12-19(25)13-21(22)29-24/h4-13H,14H2,1-3H3. The van der Waals surface area contributed by atoms with Gasteiger partial charge in [0.25, 0.3) is 5.91 Å². The molecule has 0 saturated carbocycles. The molecule has 1 heterocycles. The van der Waals surface area contributed by atoms with E-state index in [4.69, 9.17) is 16.6 Å². The van der Waals surface area contributed by atoms with E-state index in [2.05, 4.69) is 0 Å². The molecule has 0 unspecified atom stereocenters. The molecule has 0 aliphatic carbocycles. The third-order valence-corrected chi connectivity index (χ3v) is 6.15. The van der Waals surface area contributed by atoms with Crippen LogP contribution in [0, 0.1) is 20.8 Å². The molecule has 146 valence electrons. The maximum atomic E-state index is 13.6. The normalized spacial score (nSPS) is 11.0. The van der Waals surface area contributed by atoms with E-state index < -0.39 is 0 Å². The molecular weight excluding hydrogens is 400 g/mol. The van der Waals surface area contributed by atoms with E-state index in [-0.39, 0.29) is 5.91 Å². The number of amides is 1. The first-order valence-electron chi connectivity index (χ1n) is 9.42. The molecule has 0 radical (unpaired) electrons. The van der Waals surface area contributed by atoms with Crippen LogP contribution in [0.1, 0.15) is 32.6 Å². The number of anilines is 1. The molecule has 3 aromatic carbocycles. The molecule has 0 atom stereocenters. The van der Waals surface area contributed by atoms with Gasteiger partial charge in [-0.25, -0.2) is 4.98 Å². The highest BCUT2D eigenvalue weighted by atomic mass is 35.5. The van der Waals surface area contributed by atoms with Crippen molar-refractivity contribution in [2.24, 2.45) is 0 Å². The second-order valence-corrected chi connectivity index (χ2v) is 8.71. The van der Waals surface area contributed by atoms with Crippen molar-refractivity contribution in [2.45, 2.75) is 27.3 Å². The second-order valence-electron chi connectivity index (χ2n) is 7.26. The van der Waals surface area contributed by atoms with Crippen LogP contribution in [-0.4, -0.2) is 10.9 Å². The summed E-state index contributed by atoms with van der Waals surface area (Å²) in [5.74, 6) is -0.0471. The quantitative estimate of drug-likeness (QED) is 0.367. The van der Waals surface area contributed by atoms with Crippen molar-refractivity contribution in [3.05, 3.63) is 93.5 Å². The Labute approximate surface area is 179 Å². The van der Waals surface area contributed by atoms with E-state index in [0.29, 0.717) is 22.3 Å². The molecule has 0 fully saturated rings. The lowest BCUT2D eigenvalue weighted by Gasteiger charge is -2.21. The lowest BCUT2D eigenvalue weighted by atomic mass is 10.0. The predicted molar refractivity (Wildman–Crippen MR) is 122 cm³/mol. The number of fused-ring (bicyclic) bond motifs is 1. The van der Waals surface area contributed by atoms with Gasteiger partial charge in [0.1, 0.15) is 0 Å². The molecule has 4 aromatic rings. The number of halogens is 1. The summed E-state index contributed by atoms with van der Waals surface area (Å²) >= 11 is 7.73. The highest BCUT2D eigenvalue weighted by Crippen LogP contribution is 2.34. The van der Waals surface area contributed by atoms with Gasteiger partial charge in [-0.05, 0) is 55.7 Å². The fourth-order valence-corrected chi connectivity index (χ4v) is 4.87. The number of aromatic nitrogens is 1. The Morgan fingerprint density at radius 1 is 1.00 bits per heavy atom. The van der Waals surface area contributed by atoms with E-state index in [0.717, 1.165) is 32.5 Å². The number of carbonyl (C=O) groups excluding carboxylic acids is 1. The minimum Gasteiger partial charge on any atom is -0.279 e. The number of hydrogen-bond acceptors (Lipinski definition) is 3. The number of rotatable bonds is 4. The van der Waals surface area contributed by atoms with Gasteiger partial charge in [0.15, 0.2) is 5.13 Å². The molecule has 0 aliphatic rings. The van der Waals surface area contributed by atoms with Crippen LogP contribution in [0.15, 0.2) is 60.7 Å². The third kappa shape index (κ3) is 4.04. The van der Waals surface area contributed by atoms with Crippen LogP contribution in [0.2, 0.25) is 5.02 Å². The highest BCUT2D eigenvalue weighted by Gasteiger charge is 2.23. The molecule has 0 bridgehead atoms. The van der Waals surface area contributed by atoms with Gasteiger partial charge < -0.3 is 0 Å². The molecule has 0 aliphatic heterocycles. The van der Waals surface area contributed by atoms with E-state index in [1.807, 2.05) is 81.4 Å². The first-order valence-corrected chi connectivity index (χ1v) is 10.6. The number of benzene rings is 3. The topological polar surface area (TPSA) is 33.2 Å². The van der Waals surface area contributed by atoms with E-state index >= 15 is 0 Å². The monoisotopic (exact) mass is 420 g/mol. The second kappa shape index (κ2) is 7.97. The molecule has 29 heavy (non-hydrogen) atoms. The van der Waals surface area contributed by atoms with Crippen LogP contribution in [0.3, 0.4) is 0 Å². The van der Waals surface area contributed by atoms with Crippen molar-refractivity contribution in [1.82, 2.24) is 4.98 Å². The van der Waals surface area contributed by atoms with Gasteiger partial charge in [0.05, 0.1) is 16.8 Å². The van der Waals surface area contributed by atoms with Crippen LogP contribution in [0.4, 0.5) is 5.13 Å². The summed E-state index contributed by atoms with van der Waals surface area (Å²) in [6, 6.07) is 19.7.